The van der Waals surface area contributed by atoms with Gasteiger partial charge in [0, 0.05) is 46.7 Å². The van der Waals surface area contributed by atoms with Crippen molar-refractivity contribution in [3.8, 4) is 11.3 Å². The number of benzene rings is 2. The van der Waals surface area contributed by atoms with Gasteiger partial charge in [-0.3, -0.25) is 0 Å². The first-order valence-electron chi connectivity index (χ1n) is 8.22. The van der Waals surface area contributed by atoms with Crippen molar-refractivity contribution < 1.29 is 0 Å². The lowest BCUT2D eigenvalue weighted by atomic mass is 10.1. The second-order valence-electron chi connectivity index (χ2n) is 6.54. The summed E-state index contributed by atoms with van der Waals surface area (Å²) in [6.07, 6.45) is 0.922. The highest BCUT2D eigenvalue weighted by Gasteiger charge is 2.24. The molecule has 2 aromatic carbocycles. The Morgan fingerprint density at radius 1 is 1.17 bits per heavy atom. The molecule has 1 aliphatic rings. The first-order valence-corrected chi connectivity index (χ1v) is 8.60. The normalized spacial score (nSPS) is 12.5. The number of hydrogen-bond donors (Lipinski definition) is 1. The molecule has 1 heterocycles. The van der Waals surface area contributed by atoms with E-state index in [0.717, 1.165) is 41.1 Å². The molecule has 122 valence electrons. The fourth-order valence-corrected chi connectivity index (χ4v) is 3.54. The van der Waals surface area contributed by atoms with Crippen LogP contribution in [0, 0.1) is 0 Å². The van der Waals surface area contributed by atoms with Crippen molar-refractivity contribution in [2.24, 2.45) is 0 Å². The molecule has 0 saturated heterocycles. The molecule has 1 N–H and O–H groups in total. The lowest BCUT2D eigenvalue weighted by molar-refractivity contribution is 0.425. The molecule has 3 aromatic rings. The average molecular weight is 338 g/mol. The molecule has 24 heavy (non-hydrogen) atoms. The molecule has 0 radical (unpaired) electrons. The Labute approximate surface area is 147 Å². The fourth-order valence-electron chi connectivity index (χ4n) is 3.37. The quantitative estimate of drug-likeness (QED) is 0.597. The Hall–Kier alpha value is -2.10. The van der Waals surface area contributed by atoms with Gasteiger partial charge in [-0.15, -0.1) is 0 Å². The first kappa shape index (κ1) is 15.4. The van der Waals surface area contributed by atoms with Crippen LogP contribution >= 0.6 is 11.6 Å². The molecular weight excluding hydrogens is 318 g/mol. The third kappa shape index (κ3) is 2.64. The van der Waals surface area contributed by atoms with Gasteiger partial charge >= 0.3 is 0 Å². The van der Waals surface area contributed by atoms with E-state index in [2.05, 4.69) is 48.6 Å². The van der Waals surface area contributed by atoms with Crippen molar-refractivity contribution in [2.75, 3.05) is 32.5 Å². The Morgan fingerprint density at radius 3 is 2.83 bits per heavy atom. The maximum Gasteiger partial charge on any atom is 0.0768 e. The van der Waals surface area contributed by atoms with E-state index in [0.29, 0.717) is 0 Å². The summed E-state index contributed by atoms with van der Waals surface area (Å²) in [4.78, 5) is 7.11. The molecule has 0 spiro atoms. The smallest absolute Gasteiger partial charge is 0.0768 e. The maximum absolute atomic E-state index is 6.25. The average Bonchev–Trinajstić information content (AvgIpc) is 2.93. The van der Waals surface area contributed by atoms with Crippen LogP contribution in [-0.2, 0) is 6.42 Å². The Kier molecular flexibility index (Phi) is 3.91. The summed E-state index contributed by atoms with van der Waals surface area (Å²) in [5.41, 5.74) is 7.15. The highest BCUT2D eigenvalue weighted by Crippen LogP contribution is 2.42. The number of fused-ring (bicyclic) bond motifs is 4. The molecule has 0 fully saturated rings. The van der Waals surface area contributed by atoms with Crippen molar-refractivity contribution in [3.63, 3.8) is 0 Å². The number of aromatic nitrogens is 1. The van der Waals surface area contributed by atoms with Crippen molar-refractivity contribution in [1.29, 1.82) is 0 Å². The highest BCUT2D eigenvalue weighted by atomic mass is 35.5. The van der Waals surface area contributed by atoms with Crippen LogP contribution in [0.5, 0.6) is 0 Å². The lowest BCUT2D eigenvalue weighted by Gasteiger charge is -2.17. The van der Waals surface area contributed by atoms with E-state index in [1.807, 2.05) is 18.2 Å². The van der Waals surface area contributed by atoms with Crippen molar-refractivity contribution in [2.45, 2.75) is 6.42 Å². The third-order valence-corrected chi connectivity index (χ3v) is 4.78. The zero-order chi connectivity index (χ0) is 16.7. The molecule has 3 nitrogen and oxygen atoms in total. The van der Waals surface area contributed by atoms with Gasteiger partial charge in [0.15, 0.2) is 0 Å². The summed E-state index contributed by atoms with van der Waals surface area (Å²) in [6.45, 7) is 1.87. The lowest BCUT2D eigenvalue weighted by Crippen LogP contribution is -2.21. The number of pyridine rings is 1. The summed E-state index contributed by atoms with van der Waals surface area (Å²) in [7, 11) is 4.17. The zero-order valence-corrected chi connectivity index (χ0v) is 14.7. The molecule has 0 amide bonds. The van der Waals surface area contributed by atoms with Crippen LogP contribution in [-0.4, -0.2) is 37.1 Å². The second kappa shape index (κ2) is 6.08. The first-order chi connectivity index (χ1) is 11.6. The van der Waals surface area contributed by atoms with Gasteiger partial charge in [-0.2, -0.15) is 0 Å². The molecule has 0 atom stereocenters. The van der Waals surface area contributed by atoms with E-state index < -0.39 is 0 Å². The van der Waals surface area contributed by atoms with Crippen LogP contribution in [0.4, 0.5) is 5.69 Å². The number of hydrogen-bond acceptors (Lipinski definition) is 3. The van der Waals surface area contributed by atoms with Gasteiger partial charge < -0.3 is 10.2 Å². The molecular formula is C20H20ClN3. The predicted octanol–water partition coefficient (Wildman–Crippen LogP) is 4.43. The molecule has 4 rings (SSSR count). The summed E-state index contributed by atoms with van der Waals surface area (Å²) >= 11 is 6.25. The molecule has 1 aliphatic carbocycles. The van der Waals surface area contributed by atoms with E-state index in [1.54, 1.807) is 0 Å². The minimum Gasteiger partial charge on any atom is -0.383 e. The fraction of sp³-hybridized carbons (Fsp3) is 0.250. The van der Waals surface area contributed by atoms with Crippen molar-refractivity contribution in [1.82, 2.24) is 9.88 Å². The molecule has 1 aromatic heterocycles. The summed E-state index contributed by atoms with van der Waals surface area (Å²) in [6, 6.07) is 14.5. The van der Waals surface area contributed by atoms with Crippen LogP contribution in [0.15, 0.2) is 42.5 Å². The van der Waals surface area contributed by atoms with Crippen molar-refractivity contribution >= 4 is 28.2 Å². The van der Waals surface area contributed by atoms with E-state index in [9.17, 15) is 0 Å². The topological polar surface area (TPSA) is 28.2 Å². The Balaban J connectivity index is 1.88. The van der Waals surface area contributed by atoms with E-state index >= 15 is 0 Å². The van der Waals surface area contributed by atoms with Crippen LogP contribution in [0.1, 0.15) is 11.1 Å². The number of likely N-dealkylation sites (N-methyl/N-ethyl adjacent to an activating group) is 1. The van der Waals surface area contributed by atoms with Gasteiger partial charge in [0.2, 0.25) is 0 Å². The van der Waals surface area contributed by atoms with E-state index in [1.165, 1.54) is 22.4 Å². The summed E-state index contributed by atoms with van der Waals surface area (Å²) < 4.78 is 0. The van der Waals surface area contributed by atoms with Crippen molar-refractivity contribution in [3.05, 3.63) is 58.6 Å². The van der Waals surface area contributed by atoms with Gasteiger partial charge in [0.05, 0.1) is 11.2 Å². The van der Waals surface area contributed by atoms with E-state index in [-0.39, 0.29) is 0 Å². The second-order valence-corrected chi connectivity index (χ2v) is 6.98. The van der Waals surface area contributed by atoms with Gasteiger partial charge in [-0.05, 0) is 37.9 Å². The van der Waals surface area contributed by atoms with Crippen LogP contribution in [0.25, 0.3) is 22.2 Å². The molecule has 0 saturated carbocycles. The largest absolute Gasteiger partial charge is 0.383 e. The zero-order valence-electron chi connectivity index (χ0n) is 13.9. The van der Waals surface area contributed by atoms with E-state index in [4.69, 9.17) is 16.6 Å². The minimum atomic E-state index is 0.746. The van der Waals surface area contributed by atoms with Gasteiger partial charge in [0.25, 0.3) is 0 Å². The number of nitrogens with one attached hydrogen (secondary N) is 1. The maximum atomic E-state index is 6.25. The van der Waals surface area contributed by atoms with Crippen LogP contribution in [0.3, 0.4) is 0 Å². The molecule has 0 unspecified atom stereocenters. The SMILES string of the molecule is CN(C)CCNc1c2c(nc3ccc(Cl)cc13)-c1ccccc1C2. The Morgan fingerprint density at radius 2 is 2.00 bits per heavy atom. The minimum absolute atomic E-state index is 0.746. The summed E-state index contributed by atoms with van der Waals surface area (Å²) in [5, 5.41) is 5.49. The number of rotatable bonds is 4. The third-order valence-electron chi connectivity index (χ3n) is 4.55. The standard InChI is InChI=1S/C20H20ClN3/c1-24(2)10-9-22-19-16-12-14(21)7-8-18(16)23-20-15-6-4-3-5-13(15)11-17(19)20/h3-8,12H,9-11H2,1-2H3,(H,22,23). The van der Waals surface area contributed by atoms with Gasteiger partial charge in [0.1, 0.15) is 0 Å². The molecule has 4 heteroatoms. The predicted molar refractivity (Wildman–Crippen MR) is 102 cm³/mol. The summed E-state index contributed by atoms with van der Waals surface area (Å²) in [5.74, 6) is 0. The highest BCUT2D eigenvalue weighted by molar-refractivity contribution is 6.31. The van der Waals surface area contributed by atoms with Gasteiger partial charge in [-0.1, -0.05) is 35.9 Å². The molecule has 0 bridgehead atoms. The number of halogens is 1. The van der Waals surface area contributed by atoms with Gasteiger partial charge in [-0.25, -0.2) is 4.98 Å². The van der Waals surface area contributed by atoms with Crippen LogP contribution < -0.4 is 5.32 Å². The monoisotopic (exact) mass is 337 g/mol. The number of nitrogens with zero attached hydrogens (tertiary/aromatic N) is 2. The molecule has 0 aliphatic heterocycles. The Bertz CT molecular complexity index is 918. The van der Waals surface area contributed by atoms with Crippen LogP contribution in [0.2, 0.25) is 5.02 Å². The number of anilines is 1.